The van der Waals surface area contributed by atoms with Crippen LogP contribution in [0.15, 0.2) is 58.5 Å². The van der Waals surface area contributed by atoms with Gasteiger partial charge in [-0.15, -0.1) is 0 Å². The van der Waals surface area contributed by atoms with Crippen LogP contribution in [0.3, 0.4) is 0 Å². The van der Waals surface area contributed by atoms with Crippen molar-refractivity contribution in [2.75, 3.05) is 20.2 Å². The number of para-hydroxylation sites is 1. The van der Waals surface area contributed by atoms with E-state index in [1.54, 1.807) is 37.4 Å². The second-order valence-electron chi connectivity index (χ2n) is 6.99. The number of carbonyl (C=O) groups is 1. The summed E-state index contributed by atoms with van der Waals surface area (Å²) in [6, 6.07) is 14.1. The third-order valence-electron chi connectivity index (χ3n) is 4.93. The van der Waals surface area contributed by atoms with Crippen LogP contribution in [0.25, 0.3) is 0 Å². The van der Waals surface area contributed by atoms with Crippen LogP contribution in [0.5, 0.6) is 5.75 Å². The number of methoxy groups -OCH3 is 1. The number of benzene rings is 2. The molecule has 1 amide bonds. The number of ether oxygens (including phenoxy) is 1. The van der Waals surface area contributed by atoms with Crippen LogP contribution < -0.4 is 10.2 Å². The summed E-state index contributed by atoms with van der Waals surface area (Å²) in [5.41, 5.74) is 4.26. The molecule has 0 bridgehead atoms. The Bertz CT molecular complexity index is 987. The van der Waals surface area contributed by atoms with E-state index in [9.17, 15) is 13.2 Å². The highest BCUT2D eigenvalue weighted by atomic mass is 32.2. The van der Waals surface area contributed by atoms with Crippen LogP contribution in [0.2, 0.25) is 0 Å². The smallest absolute Gasteiger partial charge is 0.244 e. The normalized spacial score (nSPS) is 17.9. The highest BCUT2D eigenvalue weighted by molar-refractivity contribution is 7.89. The number of hydrazone groups is 1. The molecule has 0 radical (unpaired) electrons. The first-order valence-corrected chi connectivity index (χ1v) is 10.9. The number of aryl methyl sites for hydroxylation is 1. The Balaban J connectivity index is 1.65. The van der Waals surface area contributed by atoms with E-state index >= 15 is 0 Å². The Labute approximate surface area is 171 Å². The van der Waals surface area contributed by atoms with Crippen molar-refractivity contribution in [3.63, 3.8) is 0 Å². The van der Waals surface area contributed by atoms with Crippen LogP contribution >= 0.6 is 0 Å². The van der Waals surface area contributed by atoms with Crippen molar-refractivity contribution in [1.82, 2.24) is 9.73 Å². The zero-order valence-electron chi connectivity index (χ0n) is 16.5. The zero-order valence-corrected chi connectivity index (χ0v) is 17.4. The van der Waals surface area contributed by atoms with Gasteiger partial charge in [0.1, 0.15) is 5.75 Å². The maximum Gasteiger partial charge on any atom is 0.244 e. The van der Waals surface area contributed by atoms with E-state index in [-0.39, 0.29) is 17.3 Å². The maximum absolute atomic E-state index is 12.9. The van der Waals surface area contributed by atoms with Crippen LogP contribution in [-0.2, 0) is 14.8 Å². The molecule has 0 saturated carbocycles. The second-order valence-corrected chi connectivity index (χ2v) is 8.93. The van der Waals surface area contributed by atoms with Gasteiger partial charge < -0.3 is 4.74 Å². The molecule has 2 aromatic rings. The van der Waals surface area contributed by atoms with Crippen molar-refractivity contribution in [2.45, 2.75) is 24.7 Å². The summed E-state index contributed by atoms with van der Waals surface area (Å²) in [4.78, 5) is 12.8. The van der Waals surface area contributed by atoms with Crippen molar-refractivity contribution in [3.05, 3.63) is 59.7 Å². The summed E-state index contributed by atoms with van der Waals surface area (Å²) < 4.78 is 32.4. The van der Waals surface area contributed by atoms with Crippen LogP contribution in [-0.4, -0.2) is 45.0 Å². The molecule has 0 aromatic heterocycles. The molecule has 1 aliphatic rings. The largest absolute Gasteiger partial charge is 0.496 e. The lowest BCUT2D eigenvalue weighted by atomic mass is 9.99. The van der Waals surface area contributed by atoms with E-state index < -0.39 is 15.9 Å². The van der Waals surface area contributed by atoms with Gasteiger partial charge in [-0.2, -0.15) is 9.41 Å². The number of piperidine rings is 1. The SMILES string of the molecule is COc1ccccc1/C=N\NC(=O)[C@H]1CCCN(S(=O)(=O)c2ccc(C)cc2)C1. The lowest BCUT2D eigenvalue weighted by molar-refractivity contribution is -0.126. The Morgan fingerprint density at radius 1 is 1.21 bits per heavy atom. The number of hydrogen-bond acceptors (Lipinski definition) is 5. The third kappa shape index (κ3) is 5.02. The molecule has 1 aliphatic heterocycles. The molecule has 1 atom stereocenters. The first kappa shape index (κ1) is 21.0. The predicted molar refractivity (Wildman–Crippen MR) is 111 cm³/mol. The highest BCUT2D eigenvalue weighted by Gasteiger charge is 2.33. The molecule has 1 fully saturated rings. The fourth-order valence-electron chi connectivity index (χ4n) is 3.26. The molecule has 8 heteroatoms. The minimum atomic E-state index is -3.62. The summed E-state index contributed by atoms with van der Waals surface area (Å²) in [5.74, 6) is -0.0859. The van der Waals surface area contributed by atoms with E-state index in [2.05, 4.69) is 10.5 Å². The van der Waals surface area contributed by atoms with Gasteiger partial charge in [0, 0.05) is 18.7 Å². The molecule has 154 valence electrons. The van der Waals surface area contributed by atoms with Gasteiger partial charge in [0.15, 0.2) is 0 Å². The van der Waals surface area contributed by atoms with Crippen LogP contribution in [0, 0.1) is 12.8 Å². The number of sulfonamides is 1. The van der Waals surface area contributed by atoms with Gasteiger partial charge in [0.25, 0.3) is 0 Å². The minimum absolute atomic E-state index is 0.145. The van der Waals surface area contributed by atoms with Crippen molar-refractivity contribution in [1.29, 1.82) is 0 Å². The number of nitrogens with one attached hydrogen (secondary N) is 1. The van der Waals surface area contributed by atoms with Gasteiger partial charge in [0.2, 0.25) is 15.9 Å². The van der Waals surface area contributed by atoms with E-state index in [0.717, 1.165) is 11.1 Å². The Morgan fingerprint density at radius 2 is 1.93 bits per heavy atom. The van der Waals surface area contributed by atoms with Gasteiger partial charge in [-0.3, -0.25) is 4.79 Å². The molecular weight excluding hydrogens is 390 g/mol. The molecule has 0 aliphatic carbocycles. The quantitative estimate of drug-likeness (QED) is 0.580. The Morgan fingerprint density at radius 3 is 2.66 bits per heavy atom. The fourth-order valence-corrected chi connectivity index (χ4v) is 4.79. The predicted octanol–water partition coefficient (Wildman–Crippen LogP) is 2.55. The Kier molecular flexibility index (Phi) is 6.66. The topological polar surface area (TPSA) is 88.1 Å². The molecule has 7 nitrogen and oxygen atoms in total. The van der Waals surface area contributed by atoms with Crippen molar-refractivity contribution in [3.8, 4) is 5.75 Å². The van der Waals surface area contributed by atoms with E-state index in [1.165, 1.54) is 10.5 Å². The number of hydrogen-bond donors (Lipinski definition) is 1. The molecular formula is C21H25N3O4S. The molecule has 3 rings (SSSR count). The van der Waals surface area contributed by atoms with E-state index in [4.69, 9.17) is 4.74 Å². The molecule has 29 heavy (non-hydrogen) atoms. The first-order chi connectivity index (χ1) is 13.9. The van der Waals surface area contributed by atoms with Crippen LogP contribution in [0.4, 0.5) is 0 Å². The standard InChI is InChI=1S/C21H25N3O4S/c1-16-9-11-19(12-10-16)29(26,27)24-13-5-7-18(15-24)21(25)23-22-14-17-6-3-4-8-20(17)28-2/h3-4,6,8-12,14,18H,5,7,13,15H2,1-2H3,(H,23,25)/b22-14-/t18-/m0/s1. The molecule has 2 aromatic carbocycles. The number of nitrogens with zero attached hydrogens (tertiary/aromatic N) is 2. The number of amides is 1. The van der Waals surface area contributed by atoms with Gasteiger partial charge >= 0.3 is 0 Å². The molecule has 1 N–H and O–H groups in total. The molecule has 0 unspecified atom stereocenters. The van der Waals surface area contributed by atoms with Crippen molar-refractivity contribution < 1.29 is 17.9 Å². The number of rotatable bonds is 6. The summed E-state index contributed by atoms with van der Waals surface area (Å²) in [7, 11) is -2.05. The van der Waals surface area contributed by atoms with Crippen LogP contribution in [0.1, 0.15) is 24.0 Å². The highest BCUT2D eigenvalue weighted by Crippen LogP contribution is 2.24. The summed E-state index contributed by atoms with van der Waals surface area (Å²) >= 11 is 0. The summed E-state index contributed by atoms with van der Waals surface area (Å²) in [6.07, 6.45) is 2.76. The summed E-state index contributed by atoms with van der Waals surface area (Å²) in [6.45, 7) is 2.46. The minimum Gasteiger partial charge on any atom is -0.496 e. The van der Waals surface area contributed by atoms with Crippen molar-refractivity contribution in [2.24, 2.45) is 11.0 Å². The first-order valence-electron chi connectivity index (χ1n) is 9.44. The third-order valence-corrected chi connectivity index (χ3v) is 6.81. The summed E-state index contributed by atoms with van der Waals surface area (Å²) in [5, 5.41) is 4.01. The van der Waals surface area contributed by atoms with Crippen molar-refractivity contribution >= 4 is 22.1 Å². The Hall–Kier alpha value is -2.71. The molecule has 1 heterocycles. The lowest BCUT2D eigenvalue weighted by Crippen LogP contribution is -2.44. The van der Waals surface area contributed by atoms with Gasteiger partial charge in [0.05, 0.1) is 24.1 Å². The maximum atomic E-state index is 12.9. The monoisotopic (exact) mass is 415 g/mol. The molecule has 0 spiro atoms. The fraction of sp³-hybridized carbons (Fsp3) is 0.333. The van der Waals surface area contributed by atoms with E-state index in [0.29, 0.717) is 25.1 Å². The molecule has 1 saturated heterocycles. The zero-order chi connectivity index (χ0) is 20.9. The average Bonchev–Trinajstić information content (AvgIpc) is 2.74. The van der Waals surface area contributed by atoms with Gasteiger partial charge in [-0.1, -0.05) is 29.8 Å². The number of carbonyl (C=O) groups excluding carboxylic acids is 1. The van der Waals surface area contributed by atoms with E-state index in [1.807, 2.05) is 25.1 Å². The second kappa shape index (κ2) is 9.19. The average molecular weight is 416 g/mol. The lowest BCUT2D eigenvalue weighted by Gasteiger charge is -2.30. The van der Waals surface area contributed by atoms with Gasteiger partial charge in [-0.25, -0.2) is 13.8 Å². The van der Waals surface area contributed by atoms with Gasteiger partial charge in [-0.05, 0) is 44.0 Å².